The molecule has 1 aromatic carbocycles. The van der Waals surface area contributed by atoms with Gasteiger partial charge in [-0.15, -0.1) is 0 Å². The van der Waals surface area contributed by atoms with E-state index in [9.17, 15) is 4.79 Å². The van der Waals surface area contributed by atoms with Gasteiger partial charge < -0.3 is 5.11 Å². The van der Waals surface area contributed by atoms with Crippen molar-refractivity contribution in [3.05, 3.63) is 29.8 Å². The van der Waals surface area contributed by atoms with Crippen LogP contribution in [0.1, 0.15) is 32.8 Å². The fraction of sp³-hybridized carbons (Fsp3) is 0.462. The predicted octanol–water partition coefficient (Wildman–Crippen LogP) is 2.54. The van der Waals surface area contributed by atoms with Gasteiger partial charge in [0.15, 0.2) is 0 Å². The van der Waals surface area contributed by atoms with E-state index in [0.29, 0.717) is 0 Å². The average Bonchev–Trinajstić information content (AvgIpc) is 2.22. The molecule has 0 heterocycles. The van der Waals surface area contributed by atoms with Gasteiger partial charge in [-0.1, -0.05) is 6.92 Å². The van der Waals surface area contributed by atoms with Gasteiger partial charge >= 0.3 is 84.4 Å². The van der Waals surface area contributed by atoms with Gasteiger partial charge in [-0.3, -0.25) is 4.79 Å². The van der Waals surface area contributed by atoms with Crippen LogP contribution in [0.3, 0.4) is 0 Å². The number of carbonyl (C=O) groups is 1. The van der Waals surface area contributed by atoms with Gasteiger partial charge in [0.2, 0.25) is 0 Å². The van der Waals surface area contributed by atoms with Crippen LogP contribution < -0.4 is 4.16 Å². The van der Waals surface area contributed by atoms with Crippen LogP contribution in [0.5, 0.6) is 0 Å². The van der Waals surface area contributed by atoms with Crippen LogP contribution in [0.2, 0.25) is 0 Å². The minimum atomic E-state index is -0.745. The van der Waals surface area contributed by atoms with Crippen molar-refractivity contribution in [3.8, 4) is 0 Å². The van der Waals surface area contributed by atoms with Crippen molar-refractivity contribution in [2.45, 2.75) is 33.6 Å². The first-order valence-electron chi connectivity index (χ1n) is 5.59. The third-order valence-corrected chi connectivity index (χ3v) is 3.50. The van der Waals surface area contributed by atoms with Crippen molar-refractivity contribution < 1.29 is 28.2 Å². The van der Waals surface area contributed by atoms with Gasteiger partial charge in [-0.25, -0.2) is 0 Å². The van der Waals surface area contributed by atoms with E-state index < -0.39 is 5.97 Å². The maximum absolute atomic E-state index is 9.37. The summed E-state index contributed by atoms with van der Waals surface area (Å²) in [5, 5.41) is 7.72. The molecule has 0 aliphatic rings. The molecular formula is C13H19O2Zn. The molecule has 0 unspecified atom stereocenters. The molecule has 0 spiro atoms. The maximum atomic E-state index is 9.37. The first-order chi connectivity index (χ1) is 7.47. The van der Waals surface area contributed by atoms with E-state index in [-0.39, 0.29) is 6.42 Å². The van der Waals surface area contributed by atoms with Crippen LogP contribution in [-0.4, -0.2) is 11.1 Å². The molecule has 16 heavy (non-hydrogen) atoms. The molecule has 0 bridgehead atoms. The third kappa shape index (κ3) is 7.58. The maximum Gasteiger partial charge on any atom is 0.303 e. The van der Waals surface area contributed by atoms with Crippen molar-refractivity contribution in [2.24, 2.45) is 5.92 Å². The zero-order valence-corrected chi connectivity index (χ0v) is 13.3. The molecule has 0 saturated carbocycles. The molecule has 0 amide bonds. The summed E-state index contributed by atoms with van der Waals surface area (Å²) in [4.78, 5) is 9.37. The Balaban J connectivity index is 0.000000385. The van der Waals surface area contributed by atoms with Gasteiger partial charge in [0, 0.05) is 6.42 Å². The molecule has 1 N–H and O–H groups in total. The van der Waals surface area contributed by atoms with Crippen LogP contribution in [0.15, 0.2) is 24.3 Å². The van der Waals surface area contributed by atoms with Gasteiger partial charge in [-0.05, 0) is 0 Å². The Labute approximate surface area is 108 Å². The molecule has 85 valence electrons. The summed E-state index contributed by atoms with van der Waals surface area (Å²) in [6, 6.07) is 8.75. The standard InChI is InChI=1S/C10H13.C3H6O2.Zn/c1-9(2)8-10-6-4-3-5-7-10;1-2-3(4)5;/h3-6,9H,8H2,1-2H3;2H2,1H3,(H,4,5);. The largest absolute Gasteiger partial charge is 0.481 e. The van der Waals surface area contributed by atoms with E-state index in [1.54, 1.807) is 16.6 Å². The first kappa shape index (κ1) is 15.3. The Bertz CT molecular complexity index is 321. The van der Waals surface area contributed by atoms with Gasteiger partial charge in [0.1, 0.15) is 0 Å². The second-order valence-electron chi connectivity index (χ2n) is 4.11. The number of hydrogen-bond acceptors (Lipinski definition) is 1. The summed E-state index contributed by atoms with van der Waals surface area (Å²) in [5.41, 5.74) is 1.54. The Hall–Kier alpha value is -0.687. The number of aliphatic carboxylic acids is 1. The second kappa shape index (κ2) is 8.46. The molecule has 0 atom stereocenters. The number of benzene rings is 1. The van der Waals surface area contributed by atoms with Crippen LogP contribution in [-0.2, 0) is 29.5 Å². The summed E-state index contributed by atoms with van der Waals surface area (Å²) in [6.07, 6.45) is 1.45. The minimum Gasteiger partial charge on any atom is -0.481 e. The molecule has 0 aliphatic heterocycles. The monoisotopic (exact) mass is 271 g/mol. The summed E-state index contributed by atoms with van der Waals surface area (Å²) < 4.78 is 1.54. The Kier molecular flexibility index (Phi) is 8.10. The number of carboxylic acid groups (broad SMARTS) is 1. The molecule has 0 aliphatic carbocycles. The average molecular weight is 273 g/mol. The molecule has 2 nitrogen and oxygen atoms in total. The molecule has 0 saturated heterocycles. The van der Waals surface area contributed by atoms with Crippen molar-refractivity contribution in [1.29, 1.82) is 0 Å². The molecule has 1 aromatic rings. The number of carboxylic acids is 1. The fourth-order valence-corrected chi connectivity index (χ4v) is 2.03. The number of hydrogen-bond donors (Lipinski definition) is 1. The number of rotatable bonds is 3. The Morgan fingerprint density at radius 2 is 1.88 bits per heavy atom. The predicted molar refractivity (Wildman–Crippen MR) is 62.5 cm³/mol. The topological polar surface area (TPSA) is 37.3 Å². The summed E-state index contributed by atoms with van der Waals surface area (Å²) in [6.45, 7) is 6.14. The third-order valence-electron chi connectivity index (χ3n) is 2.05. The van der Waals surface area contributed by atoms with E-state index >= 15 is 0 Å². The van der Waals surface area contributed by atoms with Crippen molar-refractivity contribution in [2.75, 3.05) is 0 Å². The molecule has 1 rings (SSSR count). The summed E-state index contributed by atoms with van der Waals surface area (Å²) >= 11 is 1.28. The zero-order chi connectivity index (χ0) is 12.6. The van der Waals surface area contributed by atoms with E-state index in [4.69, 9.17) is 5.11 Å². The quantitative estimate of drug-likeness (QED) is 0.859. The molecule has 0 radical (unpaired) electrons. The SMILES string of the molecule is CC(C)Cc1cccc[c]1[Zn].CCC(=O)O. The van der Waals surface area contributed by atoms with Gasteiger partial charge in [0.05, 0.1) is 0 Å². The van der Waals surface area contributed by atoms with Crippen LogP contribution in [0, 0.1) is 5.92 Å². The van der Waals surface area contributed by atoms with Crippen molar-refractivity contribution >= 4 is 10.1 Å². The minimum absolute atomic E-state index is 0.222. The summed E-state index contributed by atoms with van der Waals surface area (Å²) in [7, 11) is 0. The van der Waals surface area contributed by atoms with Crippen LogP contribution >= 0.6 is 0 Å². The van der Waals surface area contributed by atoms with Crippen LogP contribution in [0.25, 0.3) is 0 Å². The second-order valence-corrected chi connectivity index (χ2v) is 5.71. The van der Waals surface area contributed by atoms with E-state index in [0.717, 1.165) is 5.92 Å². The van der Waals surface area contributed by atoms with E-state index in [1.165, 1.54) is 24.7 Å². The molecular weight excluding hydrogens is 254 g/mol. The zero-order valence-electron chi connectivity index (χ0n) is 10.4. The molecule has 3 heteroatoms. The van der Waals surface area contributed by atoms with Gasteiger partial charge in [0.25, 0.3) is 0 Å². The Morgan fingerprint density at radius 1 is 1.38 bits per heavy atom. The molecule has 0 fully saturated rings. The van der Waals surface area contributed by atoms with E-state index in [2.05, 4.69) is 38.1 Å². The van der Waals surface area contributed by atoms with Crippen LogP contribution in [0.4, 0.5) is 0 Å². The van der Waals surface area contributed by atoms with Gasteiger partial charge in [-0.2, -0.15) is 0 Å². The van der Waals surface area contributed by atoms with Crippen molar-refractivity contribution in [3.63, 3.8) is 0 Å². The van der Waals surface area contributed by atoms with E-state index in [1.807, 2.05) is 0 Å². The molecule has 0 aromatic heterocycles. The smallest absolute Gasteiger partial charge is 0.303 e. The Morgan fingerprint density at radius 3 is 2.25 bits per heavy atom. The normalized spacial score (nSPS) is 9.62. The first-order valence-corrected chi connectivity index (χ1v) is 7.07. The van der Waals surface area contributed by atoms with Crippen molar-refractivity contribution in [1.82, 2.24) is 0 Å². The fourth-order valence-electron chi connectivity index (χ4n) is 1.20. The summed E-state index contributed by atoms with van der Waals surface area (Å²) in [5.74, 6) is 0.0349.